The highest BCUT2D eigenvalue weighted by Crippen LogP contribution is 2.34. The molecule has 0 bridgehead atoms. The largest absolute Gasteiger partial charge is 0.497 e. The van der Waals surface area contributed by atoms with E-state index in [9.17, 15) is 4.79 Å². The summed E-state index contributed by atoms with van der Waals surface area (Å²) in [6.07, 6.45) is 4.02. The van der Waals surface area contributed by atoms with E-state index >= 15 is 0 Å². The Bertz CT molecular complexity index is 1340. The van der Waals surface area contributed by atoms with Crippen molar-refractivity contribution < 1.29 is 14.3 Å². The van der Waals surface area contributed by atoms with Crippen LogP contribution in [0.5, 0.6) is 11.5 Å². The fourth-order valence-corrected chi connectivity index (χ4v) is 4.44. The second-order valence-electron chi connectivity index (χ2n) is 8.27. The predicted molar refractivity (Wildman–Crippen MR) is 125 cm³/mol. The van der Waals surface area contributed by atoms with Gasteiger partial charge in [0.05, 0.1) is 44.3 Å². The first-order valence-electron chi connectivity index (χ1n) is 10.8. The molecule has 0 aliphatic carbocycles. The van der Waals surface area contributed by atoms with E-state index in [2.05, 4.69) is 36.6 Å². The second kappa shape index (κ2) is 8.16. The van der Waals surface area contributed by atoms with Gasteiger partial charge in [-0.2, -0.15) is 5.10 Å². The molecule has 0 N–H and O–H groups in total. The van der Waals surface area contributed by atoms with Crippen LogP contribution in [0, 0.1) is 13.8 Å². The summed E-state index contributed by atoms with van der Waals surface area (Å²) in [7, 11) is 3.15. The first-order valence-corrected chi connectivity index (χ1v) is 10.8. The highest BCUT2D eigenvalue weighted by atomic mass is 16.5. The third-order valence-electron chi connectivity index (χ3n) is 6.09. The zero-order valence-electron chi connectivity index (χ0n) is 19.2. The average Bonchev–Trinajstić information content (AvgIpc) is 3.54. The SMILES string of the molecule is COc1ccc(C(=O)N2Cc3nn(-c4ccc(C)cc4C)c(-n4cccc4)c3C2)c(OC)c1. The molecule has 7 nitrogen and oxygen atoms in total. The van der Waals surface area contributed by atoms with Crippen LogP contribution in [0.15, 0.2) is 60.9 Å². The summed E-state index contributed by atoms with van der Waals surface area (Å²) in [5.41, 5.74) is 5.86. The minimum Gasteiger partial charge on any atom is -0.497 e. The zero-order chi connectivity index (χ0) is 23.1. The molecule has 0 saturated carbocycles. The molecule has 5 rings (SSSR count). The molecule has 2 aromatic carbocycles. The predicted octanol–water partition coefficient (Wildman–Crippen LogP) is 4.45. The summed E-state index contributed by atoms with van der Waals surface area (Å²) in [5, 5.41) is 4.95. The van der Waals surface area contributed by atoms with Gasteiger partial charge in [0, 0.05) is 24.0 Å². The van der Waals surface area contributed by atoms with E-state index in [1.807, 2.05) is 29.2 Å². The van der Waals surface area contributed by atoms with Crippen LogP contribution in [-0.2, 0) is 13.1 Å². The molecular weight excluding hydrogens is 416 g/mol. The Balaban J connectivity index is 1.54. The van der Waals surface area contributed by atoms with Crippen molar-refractivity contribution in [3.8, 4) is 23.0 Å². The summed E-state index contributed by atoms with van der Waals surface area (Å²) in [6, 6.07) is 15.6. The van der Waals surface area contributed by atoms with E-state index in [4.69, 9.17) is 14.6 Å². The van der Waals surface area contributed by atoms with Crippen molar-refractivity contribution >= 4 is 5.91 Å². The lowest BCUT2D eigenvalue weighted by molar-refractivity contribution is 0.0745. The highest BCUT2D eigenvalue weighted by molar-refractivity contribution is 5.97. The molecule has 4 aromatic rings. The van der Waals surface area contributed by atoms with Crippen LogP contribution in [0.3, 0.4) is 0 Å². The third kappa shape index (κ3) is 3.55. The monoisotopic (exact) mass is 442 g/mol. The number of hydrogen-bond donors (Lipinski definition) is 0. The molecule has 0 unspecified atom stereocenters. The molecule has 0 saturated heterocycles. The number of ether oxygens (including phenoxy) is 2. The van der Waals surface area contributed by atoms with E-state index in [-0.39, 0.29) is 5.91 Å². The number of aryl methyl sites for hydroxylation is 2. The maximum atomic E-state index is 13.4. The van der Waals surface area contributed by atoms with Crippen LogP contribution in [0.2, 0.25) is 0 Å². The Morgan fingerprint density at radius 2 is 1.76 bits per heavy atom. The number of rotatable bonds is 5. The highest BCUT2D eigenvalue weighted by Gasteiger charge is 2.33. The van der Waals surface area contributed by atoms with Crippen molar-refractivity contribution in [2.45, 2.75) is 26.9 Å². The first kappa shape index (κ1) is 20.9. The number of hydrogen-bond acceptors (Lipinski definition) is 4. The average molecular weight is 443 g/mol. The Morgan fingerprint density at radius 1 is 0.970 bits per heavy atom. The van der Waals surface area contributed by atoms with Crippen molar-refractivity contribution in [3.05, 3.63) is 88.9 Å². The van der Waals surface area contributed by atoms with Crippen molar-refractivity contribution in [2.24, 2.45) is 0 Å². The van der Waals surface area contributed by atoms with E-state index < -0.39 is 0 Å². The van der Waals surface area contributed by atoms with Crippen molar-refractivity contribution in [1.82, 2.24) is 19.2 Å². The van der Waals surface area contributed by atoms with Gasteiger partial charge < -0.3 is 18.9 Å². The van der Waals surface area contributed by atoms with Crippen LogP contribution in [0.25, 0.3) is 11.5 Å². The van der Waals surface area contributed by atoms with E-state index in [0.717, 1.165) is 28.3 Å². The fraction of sp³-hybridized carbons (Fsp3) is 0.231. The van der Waals surface area contributed by atoms with Crippen molar-refractivity contribution in [2.75, 3.05) is 14.2 Å². The van der Waals surface area contributed by atoms with Crippen molar-refractivity contribution in [3.63, 3.8) is 0 Å². The Morgan fingerprint density at radius 3 is 2.45 bits per heavy atom. The summed E-state index contributed by atoms with van der Waals surface area (Å²) < 4.78 is 14.8. The molecule has 0 fully saturated rings. The summed E-state index contributed by atoms with van der Waals surface area (Å²) in [6.45, 7) is 5.10. The van der Waals surface area contributed by atoms with Crippen LogP contribution in [0.1, 0.15) is 32.7 Å². The number of aromatic nitrogens is 3. The van der Waals surface area contributed by atoms with Gasteiger partial charge >= 0.3 is 0 Å². The van der Waals surface area contributed by atoms with Gasteiger partial charge in [0.1, 0.15) is 17.3 Å². The van der Waals surface area contributed by atoms with Gasteiger partial charge in [0.2, 0.25) is 0 Å². The van der Waals surface area contributed by atoms with Crippen LogP contribution < -0.4 is 9.47 Å². The van der Waals surface area contributed by atoms with Gasteiger partial charge in [-0.3, -0.25) is 4.79 Å². The molecule has 33 heavy (non-hydrogen) atoms. The number of amides is 1. The molecule has 1 amide bonds. The van der Waals surface area contributed by atoms with Crippen LogP contribution >= 0.6 is 0 Å². The molecule has 3 heterocycles. The lowest BCUT2D eigenvalue weighted by Gasteiger charge is -2.19. The van der Waals surface area contributed by atoms with Gasteiger partial charge in [-0.05, 0) is 49.7 Å². The maximum absolute atomic E-state index is 13.4. The maximum Gasteiger partial charge on any atom is 0.258 e. The molecule has 1 aliphatic rings. The number of carbonyl (C=O) groups is 1. The molecule has 2 aromatic heterocycles. The third-order valence-corrected chi connectivity index (χ3v) is 6.09. The van der Waals surface area contributed by atoms with Crippen LogP contribution in [0.4, 0.5) is 0 Å². The normalized spacial score (nSPS) is 12.7. The Labute approximate surface area is 192 Å². The number of fused-ring (bicyclic) bond motifs is 1. The minimum absolute atomic E-state index is 0.0935. The van der Waals surface area contributed by atoms with Gasteiger partial charge in [-0.15, -0.1) is 0 Å². The smallest absolute Gasteiger partial charge is 0.258 e. The van der Waals surface area contributed by atoms with Gasteiger partial charge in [0.15, 0.2) is 0 Å². The van der Waals surface area contributed by atoms with Gasteiger partial charge in [-0.25, -0.2) is 4.68 Å². The Hall–Kier alpha value is -4.00. The molecule has 0 atom stereocenters. The first-order chi connectivity index (χ1) is 16.0. The molecule has 168 valence electrons. The van der Waals surface area contributed by atoms with E-state index in [0.29, 0.717) is 30.2 Å². The standard InChI is InChI=1S/C26H26N4O3/c1-17-7-10-23(18(2)13-17)30-25(28-11-5-6-12-28)21-15-29(16-22(21)27-30)26(31)20-9-8-19(32-3)14-24(20)33-4/h5-14H,15-16H2,1-4H3. The minimum atomic E-state index is -0.0935. The van der Waals surface area contributed by atoms with Crippen LogP contribution in [-0.4, -0.2) is 39.4 Å². The molecule has 0 spiro atoms. The summed E-state index contributed by atoms with van der Waals surface area (Å²) in [5.74, 6) is 2.01. The van der Waals surface area contributed by atoms with Gasteiger partial charge in [0.25, 0.3) is 5.91 Å². The second-order valence-corrected chi connectivity index (χ2v) is 8.27. The fourth-order valence-electron chi connectivity index (χ4n) is 4.44. The summed E-state index contributed by atoms with van der Waals surface area (Å²) >= 11 is 0. The summed E-state index contributed by atoms with van der Waals surface area (Å²) in [4.78, 5) is 15.2. The zero-order valence-corrected chi connectivity index (χ0v) is 19.2. The number of carbonyl (C=O) groups excluding carboxylic acids is 1. The molecule has 7 heteroatoms. The Kier molecular flexibility index (Phi) is 5.17. The molecule has 1 aliphatic heterocycles. The lowest BCUT2D eigenvalue weighted by atomic mass is 10.1. The topological polar surface area (TPSA) is 61.5 Å². The van der Waals surface area contributed by atoms with E-state index in [1.54, 1.807) is 37.3 Å². The van der Waals surface area contributed by atoms with E-state index in [1.165, 1.54) is 5.56 Å². The van der Waals surface area contributed by atoms with Crippen molar-refractivity contribution in [1.29, 1.82) is 0 Å². The van der Waals surface area contributed by atoms with Gasteiger partial charge in [-0.1, -0.05) is 17.7 Å². The number of benzene rings is 2. The quantitative estimate of drug-likeness (QED) is 0.458. The number of nitrogens with zero attached hydrogens (tertiary/aromatic N) is 4. The molecule has 0 radical (unpaired) electrons. The lowest BCUT2D eigenvalue weighted by Crippen LogP contribution is -2.27. The number of methoxy groups -OCH3 is 2. The molecular formula is C26H26N4O3.